The van der Waals surface area contributed by atoms with E-state index in [2.05, 4.69) is 5.32 Å². The minimum atomic E-state index is -0.599. The van der Waals surface area contributed by atoms with Crippen LogP contribution in [0.2, 0.25) is 0 Å². The lowest BCUT2D eigenvalue weighted by Gasteiger charge is -2.30. The van der Waals surface area contributed by atoms with E-state index in [4.69, 9.17) is 16.2 Å². The first-order valence-electron chi connectivity index (χ1n) is 6.44. The summed E-state index contributed by atoms with van der Waals surface area (Å²) in [7, 11) is 1.54. The average Bonchev–Trinajstić information content (AvgIpc) is 2.37. The zero-order valence-corrected chi connectivity index (χ0v) is 10.7. The van der Waals surface area contributed by atoms with Crippen LogP contribution in [0.5, 0.6) is 0 Å². The van der Waals surface area contributed by atoms with Crippen molar-refractivity contribution in [2.45, 2.75) is 44.2 Å². The molecule has 5 N–H and O–H groups in total. The highest BCUT2D eigenvalue weighted by Crippen LogP contribution is 2.26. The second-order valence-corrected chi connectivity index (χ2v) is 4.81. The van der Waals surface area contributed by atoms with Crippen LogP contribution in [-0.2, 0) is 9.53 Å². The fourth-order valence-corrected chi connectivity index (χ4v) is 2.45. The van der Waals surface area contributed by atoms with Gasteiger partial charge in [-0.2, -0.15) is 0 Å². The highest BCUT2D eigenvalue weighted by Gasteiger charge is 2.25. The number of nitrogens with one attached hydrogen (secondary N) is 1. The SMILES string of the molecule is COCC(N)C(=O)NC(CN)C1CCCCC1. The molecule has 1 aliphatic carbocycles. The summed E-state index contributed by atoms with van der Waals surface area (Å²) in [6.45, 7) is 0.726. The monoisotopic (exact) mass is 243 g/mol. The lowest BCUT2D eigenvalue weighted by molar-refractivity contribution is -0.124. The first-order chi connectivity index (χ1) is 8.19. The number of rotatable bonds is 6. The molecule has 1 saturated carbocycles. The molecule has 2 atom stereocenters. The highest BCUT2D eigenvalue weighted by molar-refractivity contribution is 5.81. The van der Waals surface area contributed by atoms with Crippen LogP contribution in [0.3, 0.4) is 0 Å². The summed E-state index contributed by atoms with van der Waals surface area (Å²) in [5.41, 5.74) is 11.4. The molecular formula is C12H25N3O2. The van der Waals surface area contributed by atoms with Crippen LogP contribution in [0.25, 0.3) is 0 Å². The van der Waals surface area contributed by atoms with E-state index in [9.17, 15) is 4.79 Å². The minimum absolute atomic E-state index is 0.0608. The van der Waals surface area contributed by atoms with E-state index in [1.807, 2.05) is 0 Å². The largest absolute Gasteiger partial charge is 0.383 e. The van der Waals surface area contributed by atoms with Gasteiger partial charge in [-0.3, -0.25) is 4.79 Å². The second kappa shape index (κ2) is 7.63. The Hall–Kier alpha value is -0.650. The van der Waals surface area contributed by atoms with Crippen LogP contribution in [0.4, 0.5) is 0 Å². The summed E-state index contributed by atoms with van der Waals surface area (Å²) in [6, 6.07) is -0.539. The zero-order valence-electron chi connectivity index (χ0n) is 10.7. The van der Waals surface area contributed by atoms with Crippen molar-refractivity contribution >= 4 is 5.91 Å². The van der Waals surface area contributed by atoms with Crippen LogP contribution in [0, 0.1) is 5.92 Å². The van der Waals surface area contributed by atoms with Crippen molar-refractivity contribution < 1.29 is 9.53 Å². The van der Waals surface area contributed by atoms with Gasteiger partial charge in [-0.05, 0) is 18.8 Å². The first-order valence-corrected chi connectivity index (χ1v) is 6.44. The molecule has 0 saturated heterocycles. The number of amides is 1. The predicted octanol–water partition coefficient (Wildman–Crippen LogP) is -0.0161. The van der Waals surface area contributed by atoms with Crippen molar-refractivity contribution in [3.8, 4) is 0 Å². The molecule has 0 aromatic heterocycles. The van der Waals surface area contributed by atoms with Crippen LogP contribution < -0.4 is 16.8 Å². The summed E-state index contributed by atoms with van der Waals surface area (Å²) < 4.78 is 4.87. The van der Waals surface area contributed by atoms with Gasteiger partial charge in [-0.25, -0.2) is 0 Å². The summed E-state index contributed by atoms with van der Waals surface area (Å²) >= 11 is 0. The Labute approximate surface area is 103 Å². The van der Waals surface area contributed by atoms with Crippen molar-refractivity contribution in [1.82, 2.24) is 5.32 Å². The van der Waals surface area contributed by atoms with Gasteiger partial charge >= 0.3 is 0 Å². The summed E-state index contributed by atoms with van der Waals surface area (Å²) in [5, 5.41) is 2.95. The van der Waals surface area contributed by atoms with Crippen LogP contribution in [-0.4, -0.2) is 38.3 Å². The maximum Gasteiger partial charge on any atom is 0.239 e. The van der Waals surface area contributed by atoms with Crippen molar-refractivity contribution in [3.05, 3.63) is 0 Å². The predicted molar refractivity (Wildman–Crippen MR) is 67.4 cm³/mol. The first kappa shape index (κ1) is 14.4. The molecule has 0 radical (unpaired) electrons. The average molecular weight is 243 g/mol. The van der Waals surface area contributed by atoms with Gasteiger partial charge < -0.3 is 21.5 Å². The third kappa shape index (κ3) is 4.61. The number of nitrogens with two attached hydrogens (primary N) is 2. The molecule has 0 aromatic rings. The minimum Gasteiger partial charge on any atom is -0.383 e. The summed E-state index contributed by atoms with van der Waals surface area (Å²) in [6.07, 6.45) is 6.08. The maximum absolute atomic E-state index is 11.8. The Balaban J connectivity index is 2.42. The number of carbonyl (C=O) groups excluding carboxylic acids is 1. The van der Waals surface area contributed by atoms with Gasteiger partial charge in [0.05, 0.1) is 6.61 Å². The Bertz CT molecular complexity index is 230. The number of carbonyl (C=O) groups is 1. The Morgan fingerprint density at radius 2 is 2.06 bits per heavy atom. The molecule has 0 heterocycles. The second-order valence-electron chi connectivity index (χ2n) is 4.81. The smallest absolute Gasteiger partial charge is 0.239 e. The van der Waals surface area contributed by atoms with Crippen LogP contribution in [0.15, 0.2) is 0 Å². The molecule has 1 fully saturated rings. The number of methoxy groups -OCH3 is 1. The zero-order chi connectivity index (χ0) is 12.7. The molecule has 100 valence electrons. The molecule has 17 heavy (non-hydrogen) atoms. The molecule has 0 spiro atoms. The van der Waals surface area contributed by atoms with Gasteiger partial charge in [0.1, 0.15) is 6.04 Å². The quantitative estimate of drug-likeness (QED) is 0.611. The molecule has 5 heteroatoms. The van der Waals surface area contributed by atoms with Crippen LogP contribution in [0.1, 0.15) is 32.1 Å². The topological polar surface area (TPSA) is 90.4 Å². The molecule has 5 nitrogen and oxygen atoms in total. The van der Waals surface area contributed by atoms with Gasteiger partial charge in [0, 0.05) is 19.7 Å². The van der Waals surface area contributed by atoms with Gasteiger partial charge in [-0.1, -0.05) is 19.3 Å². The Morgan fingerprint density at radius 1 is 1.41 bits per heavy atom. The van der Waals surface area contributed by atoms with E-state index in [0.717, 1.165) is 12.8 Å². The standard InChI is InChI=1S/C12H25N3O2/c1-17-8-10(14)12(16)15-11(7-13)9-5-3-2-4-6-9/h9-11H,2-8,13-14H2,1H3,(H,15,16). The Morgan fingerprint density at radius 3 is 2.59 bits per heavy atom. The van der Waals surface area contributed by atoms with Crippen molar-refractivity contribution in [1.29, 1.82) is 0 Å². The van der Waals surface area contributed by atoms with Crippen molar-refractivity contribution in [2.75, 3.05) is 20.3 Å². The van der Waals surface area contributed by atoms with Gasteiger partial charge in [0.15, 0.2) is 0 Å². The number of hydrogen-bond acceptors (Lipinski definition) is 4. The van der Waals surface area contributed by atoms with E-state index in [1.54, 1.807) is 0 Å². The molecule has 0 aliphatic heterocycles. The van der Waals surface area contributed by atoms with Gasteiger partial charge in [0.25, 0.3) is 0 Å². The normalized spacial score (nSPS) is 20.9. The van der Waals surface area contributed by atoms with E-state index in [-0.39, 0.29) is 18.6 Å². The number of ether oxygens (including phenoxy) is 1. The summed E-state index contributed by atoms with van der Waals surface area (Å²) in [4.78, 5) is 11.8. The molecular weight excluding hydrogens is 218 g/mol. The molecule has 1 rings (SSSR count). The third-order valence-electron chi connectivity index (χ3n) is 3.48. The van der Waals surface area contributed by atoms with E-state index in [1.165, 1.54) is 26.4 Å². The van der Waals surface area contributed by atoms with E-state index in [0.29, 0.717) is 12.5 Å². The molecule has 0 bridgehead atoms. The fraction of sp³-hybridized carbons (Fsp3) is 0.917. The van der Waals surface area contributed by atoms with Crippen LogP contribution >= 0.6 is 0 Å². The van der Waals surface area contributed by atoms with E-state index < -0.39 is 6.04 Å². The summed E-state index contributed by atoms with van der Waals surface area (Å²) in [5.74, 6) is 0.348. The van der Waals surface area contributed by atoms with E-state index >= 15 is 0 Å². The lowest BCUT2D eigenvalue weighted by Crippen LogP contribution is -2.52. The molecule has 1 aliphatic rings. The van der Waals surface area contributed by atoms with Crippen molar-refractivity contribution in [3.63, 3.8) is 0 Å². The third-order valence-corrected chi connectivity index (χ3v) is 3.48. The number of hydrogen-bond donors (Lipinski definition) is 3. The maximum atomic E-state index is 11.8. The molecule has 0 aromatic carbocycles. The Kier molecular flexibility index (Phi) is 6.47. The van der Waals surface area contributed by atoms with Gasteiger partial charge in [-0.15, -0.1) is 0 Å². The highest BCUT2D eigenvalue weighted by atomic mass is 16.5. The van der Waals surface area contributed by atoms with Gasteiger partial charge in [0.2, 0.25) is 5.91 Å². The van der Waals surface area contributed by atoms with Crippen molar-refractivity contribution in [2.24, 2.45) is 17.4 Å². The lowest BCUT2D eigenvalue weighted by atomic mass is 9.84. The fourth-order valence-electron chi connectivity index (χ4n) is 2.45. The molecule has 1 amide bonds. The molecule has 2 unspecified atom stereocenters.